The second-order valence-corrected chi connectivity index (χ2v) is 11.0. The molecule has 2 aliphatic heterocycles. The Kier molecular flexibility index (Phi) is 6.85. The molecule has 0 saturated carbocycles. The molecule has 1 saturated heterocycles. The van der Waals surface area contributed by atoms with Crippen LogP contribution < -0.4 is 24.0 Å². The zero-order valence-corrected chi connectivity index (χ0v) is 23.6. The number of benzene rings is 3. The van der Waals surface area contributed by atoms with Crippen molar-refractivity contribution in [1.29, 1.82) is 0 Å². The molecule has 40 heavy (non-hydrogen) atoms. The van der Waals surface area contributed by atoms with Gasteiger partial charge in [0, 0.05) is 43.1 Å². The second-order valence-electron chi connectivity index (χ2n) is 11.0. The minimum atomic E-state index is -4.79. The molecule has 214 valence electrons. The average molecular weight is 557 g/mol. The molecular weight excluding hydrogens is 521 g/mol. The first-order valence-electron chi connectivity index (χ1n) is 13.3. The summed E-state index contributed by atoms with van der Waals surface area (Å²) in [7, 11) is 1.65. The lowest BCUT2D eigenvalue weighted by molar-refractivity contribution is -0.274. The van der Waals surface area contributed by atoms with Crippen LogP contribution in [0, 0.1) is 20.8 Å². The molecule has 0 spiro atoms. The molecule has 3 aromatic rings. The van der Waals surface area contributed by atoms with Gasteiger partial charge in [-0.2, -0.15) is 0 Å². The van der Waals surface area contributed by atoms with Gasteiger partial charge in [-0.25, -0.2) is 0 Å². The van der Waals surface area contributed by atoms with E-state index in [0.717, 1.165) is 60.0 Å². The van der Waals surface area contributed by atoms with Crippen molar-refractivity contribution in [3.63, 3.8) is 0 Å². The van der Waals surface area contributed by atoms with Gasteiger partial charge >= 0.3 is 6.36 Å². The number of aliphatic hydroxyl groups is 1. The highest BCUT2D eigenvalue weighted by Gasteiger charge is 2.57. The molecule has 0 amide bonds. The largest absolute Gasteiger partial charge is 0.573 e. The monoisotopic (exact) mass is 556 g/mol. The lowest BCUT2D eigenvalue weighted by atomic mass is 9.74. The quantitative estimate of drug-likeness (QED) is 0.401. The van der Waals surface area contributed by atoms with Crippen LogP contribution in [0.4, 0.5) is 24.5 Å². The van der Waals surface area contributed by atoms with E-state index in [2.05, 4.69) is 33.6 Å². The maximum Gasteiger partial charge on any atom is 0.573 e. The van der Waals surface area contributed by atoms with Crippen LogP contribution in [0.25, 0.3) is 0 Å². The number of halogens is 3. The number of anilines is 2. The lowest BCUT2D eigenvalue weighted by Gasteiger charge is -2.40. The predicted molar refractivity (Wildman–Crippen MR) is 149 cm³/mol. The van der Waals surface area contributed by atoms with Crippen LogP contribution in [0.2, 0.25) is 0 Å². The summed E-state index contributed by atoms with van der Waals surface area (Å²) in [4.78, 5) is 4.69. The van der Waals surface area contributed by atoms with Gasteiger partial charge in [0.15, 0.2) is 5.60 Å². The first-order chi connectivity index (χ1) is 18.8. The molecule has 5 rings (SSSR count). The molecule has 0 aromatic heterocycles. The van der Waals surface area contributed by atoms with Crippen molar-refractivity contribution < 1.29 is 32.5 Å². The summed E-state index contributed by atoms with van der Waals surface area (Å²) < 4.78 is 54.0. The second kappa shape index (κ2) is 9.80. The van der Waals surface area contributed by atoms with Gasteiger partial charge in [-0.1, -0.05) is 12.1 Å². The summed E-state index contributed by atoms with van der Waals surface area (Å²) in [6, 6.07) is 13.5. The SMILES string of the molecule is COc1ccc(N2CCN(c3c(C)c(C)c4c(c3C)C(O)(c3ccc(OC(F)(F)F)cc3)C(C)(C)O4)CC2)cc1. The van der Waals surface area contributed by atoms with Crippen LogP contribution in [0.3, 0.4) is 0 Å². The van der Waals surface area contributed by atoms with E-state index in [1.54, 1.807) is 21.0 Å². The van der Waals surface area contributed by atoms with Crippen LogP contribution in [0.15, 0.2) is 48.5 Å². The van der Waals surface area contributed by atoms with Crippen molar-refractivity contribution >= 4 is 11.4 Å². The number of hydrogen-bond acceptors (Lipinski definition) is 6. The Balaban J connectivity index is 1.50. The number of fused-ring (bicyclic) bond motifs is 1. The van der Waals surface area contributed by atoms with E-state index >= 15 is 0 Å². The van der Waals surface area contributed by atoms with Gasteiger partial charge in [0.25, 0.3) is 0 Å². The molecule has 9 heteroatoms. The number of ether oxygens (including phenoxy) is 3. The molecule has 1 atom stereocenters. The smallest absolute Gasteiger partial charge is 0.497 e. The minimum Gasteiger partial charge on any atom is -0.497 e. The standard InChI is InChI=1S/C31H35F3N2O4/c1-19-20(2)28-26(30(37,29(4,5)40-28)22-7-11-25(12-8-22)39-31(32,33)34)21(3)27(19)36-17-15-35(16-18-36)23-9-13-24(38-6)14-10-23/h7-14,37H,15-18H2,1-6H3. The van der Waals surface area contributed by atoms with Gasteiger partial charge in [-0.3, -0.25) is 0 Å². The molecule has 6 nitrogen and oxygen atoms in total. The zero-order chi connectivity index (χ0) is 29.0. The van der Waals surface area contributed by atoms with Gasteiger partial charge < -0.3 is 29.1 Å². The Morgan fingerprint density at radius 1 is 0.800 bits per heavy atom. The Morgan fingerprint density at radius 2 is 1.35 bits per heavy atom. The predicted octanol–water partition coefficient (Wildman–Crippen LogP) is 6.25. The molecule has 1 N–H and O–H groups in total. The first-order valence-corrected chi connectivity index (χ1v) is 13.3. The third-order valence-corrected chi connectivity index (χ3v) is 8.35. The summed E-state index contributed by atoms with van der Waals surface area (Å²) in [6.45, 7) is 12.9. The topological polar surface area (TPSA) is 54.4 Å². The van der Waals surface area contributed by atoms with Gasteiger partial charge in [-0.15, -0.1) is 13.2 Å². The Bertz CT molecular complexity index is 1400. The van der Waals surface area contributed by atoms with Crippen LogP contribution in [0.1, 0.15) is 41.7 Å². The molecule has 2 heterocycles. The van der Waals surface area contributed by atoms with Gasteiger partial charge in [0.2, 0.25) is 0 Å². The van der Waals surface area contributed by atoms with Crippen molar-refractivity contribution in [1.82, 2.24) is 0 Å². The van der Waals surface area contributed by atoms with Gasteiger partial charge in [0.1, 0.15) is 22.8 Å². The Labute approximate surface area is 232 Å². The number of hydrogen-bond donors (Lipinski definition) is 1. The minimum absolute atomic E-state index is 0.343. The number of alkyl halides is 3. The summed E-state index contributed by atoms with van der Waals surface area (Å²) >= 11 is 0. The third kappa shape index (κ3) is 4.60. The Hall–Kier alpha value is -3.59. The van der Waals surface area contributed by atoms with E-state index in [0.29, 0.717) is 16.9 Å². The van der Waals surface area contributed by atoms with E-state index in [1.807, 2.05) is 26.0 Å². The van der Waals surface area contributed by atoms with Gasteiger partial charge in [-0.05, 0) is 93.3 Å². The molecule has 1 unspecified atom stereocenters. The molecule has 2 aliphatic rings. The average Bonchev–Trinajstić information content (AvgIpc) is 3.13. The van der Waals surface area contributed by atoms with Crippen molar-refractivity contribution in [3.8, 4) is 17.2 Å². The maximum absolute atomic E-state index is 12.7. The summed E-state index contributed by atoms with van der Waals surface area (Å²) in [5.74, 6) is 1.10. The highest BCUT2D eigenvalue weighted by atomic mass is 19.4. The third-order valence-electron chi connectivity index (χ3n) is 8.35. The normalized spacial score (nSPS) is 20.2. The molecular formula is C31H35F3N2O4. The molecule has 0 radical (unpaired) electrons. The molecule has 1 fully saturated rings. The zero-order valence-electron chi connectivity index (χ0n) is 23.6. The fraction of sp³-hybridized carbons (Fsp3) is 0.419. The summed E-state index contributed by atoms with van der Waals surface area (Å²) in [6.07, 6.45) is -4.79. The van der Waals surface area contributed by atoms with E-state index in [4.69, 9.17) is 9.47 Å². The van der Waals surface area contributed by atoms with Crippen molar-refractivity contribution in [2.24, 2.45) is 0 Å². The first kappa shape index (κ1) is 28.0. The van der Waals surface area contributed by atoms with Crippen LogP contribution in [-0.2, 0) is 5.60 Å². The number of nitrogens with zero attached hydrogens (tertiary/aromatic N) is 2. The van der Waals surface area contributed by atoms with Crippen LogP contribution in [0.5, 0.6) is 17.2 Å². The molecule has 3 aromatic carbocycles. The number of rotatable bonds is 5. The van der Waals surface area contributed by atoms with Crippen LogP contribution >= 0.6 is 0 Å². The number of methoxy groups -OCH3 is 1. The number of piperazine rings is 1. The van der Waals surface area contributed by atoms with Crippen molar-refractivity contribution in [2.45, 2.75) is 52.2 Å². The summed E-state index contributed by atoms with van der Waals surface area (Å²) in [5.41, 5.74) is 3.54. The molecule has 0 aliphatic carbocycles. The highest BCUT2D eigenvalue weighted by Crippen LogP contribution is 2.56. The fourth-order valence-electron chi connectivity index (χ4n) is 6.14. The summed E-state index contributed by atoms with van der Waals surface area (Å²) in [5, 5.41) is 12.4. The van der Waals surface area contributed by atoms with Crippen LogP contribution in [-0.4, -0.2) is 50.4 Å². The lowest BCUT2D eigenvalue weighted by Crippen LogP contribution is -2.48. The van der Waals surface area contributed by atoms with Crippen molar-refractivity contribution in [3.05, 3.63) is 76.3 Å². The van der Waals surface area contributed by atoms with Gasteiger partial charge in [0.05, 0.1) is 7.11 Å². The highest BCUT2D eigenvalue weighted by molar-refractivity contribution is 5.73. The Morgan fingerprint density at radius 3 is 1.90 bits per heavy atom. The van der Waals surface area contributed by atoms with E-state index in [9.17, 15) is 18.3 Å². The molecule has 0 bridgehead atoms. The fourth-order valence-corrected chi connectivity index (χ4v) is 6.14. The maximum atomic E-state index is 12.7. The van der Waals surface area contributed by atoms with E-state index < -0.39 is 17.6 Å². The van der Waals surface area contributed by atoms with Crippen molar-refractivity contribution in [2.75, 3.05) is 43.1 Å². The van der Waals surface area contributed by atoms with E-state index in [1.165, 1.54) is 24.3 Å². The van der Waals surface area contributed by atoms with E-state index in [-0.39, 0.29) is 5.75 Å².